The maximum atomic E-state index is 12.7. The van der Waals surface area contributed by atoms with Crippen molar-refractivity contribution in [2.45, 2.75) is 13.5 Å². The summed E-state index contributed by atoms with van der Waals surface area (Å²) in [5, 5.41) is 0.470. The number of aromatic nitrogens is 3. The van der Waals surface area contributed by atoms with E-state index in [1.165, 1.54) is 11.6 Å². The van der Waals surface area contributed by atoms with Gasteiger partial charge in [0.2, 0.25) is 0 Å². The number of hydrogen-bond acceptors (Lipinski definition) is 4. The van der Waals surface area contributed by atoms with Gasteiger partial charge in [0.15, 0.2) is 5.65 Å². The third kappa shape index (κ3) is 2.50. The first-order valence-electron chi connectivity index (χ1n) is 7.72. The number of hydrogen-bond donors (Lipinski definition) is 0. The molecule has 0 amide bonds. The third-order valence-corrected chi connectivity index (χ3v) is 4.27. The summed E-state index contributed by atoms with van der Waals surface area (Å²) in [6.45, 7) is 2.58. The van der Waals surface area contributed by atoms with E-state index in [1.54, 1.807) is 13.2 Å². The molecule has 0 unspecified atom stereocenters. The van der Waals surface area contributed by atoms with E-state index < -0.39 is 0 Å². The highest BCUT2D eigenvalue weighted by molar-refractivity contribution is 5.90. The van der Waals surface area contributed by atoms with Crippen molar-refractivity contribution >= 4 is 16.7 Å². The Morgan fingerprint density at radius 3 is 2.42 bits per heavy atom. The fraction of sp³-hybridized carbons (Fsp3) is 0.278. The first-order chi connectivity index (χ1) is 11.4. The molecule has 0 aliphatic heterocycles. The summed E-state index contributed by atoms with van der Waals surface area (Å²) in [6.07, 6.45) is 1.71. The van der Waals surface area contributed by atoms with E-state index in [0.717, 1.165) is 21.4 Å². The van der Waals surface area contributed by atoms with Crippen LogP contribution in [0.3, 0.4) is 0 Å². The first kappa shape index (κ1) is 16.0. The summed E-state index contributed by atoms with van der Waals surface area (Å²) in [5.41, 5.74) is 2.56. The zero-order valence-electron chi connectivity index (χ0n) is 14.3. The van der Waals surface area contributed by atoms with Crippen LogP contribution in [0.25, 0.3) is 11.0 Å². The summed E-state index contributed by atoms with van der Waals surface area (Å²) >= 11 is 0. The molecule has 0 aliphatic carbocycles. The molecule has 1 aromatic carbocycles. The number of benzene rings is 1. The molecule has 2 aromatic heterocycles. The zero-order valence-corrected chi connectivity index (χ0v) is 14.3. The van der Waals surface area contributed by atoms with E-state index >= 15 is 0 Å². The summed E-state index contributed by atoms with van der Waals surface area (Å²) in [4.78, 5) is 31.2. The maximum Gasteiger partial charge on any atom is 0.332 e. The highest BCUT2D eigenvalue weighted by Gasteiger charge is 2.18. The van der Waals surface area contributed by atoms with E-state index in [-0.39, 0.29) is 11.2 Å². The summed E-state index contributed by atoms with van der Waals surface area (Å²) in [7, 11) is 5.07. The van der Waals surface area contributed by atoms with Crippen LogP contribution < -0.4 is 16.1 Å². The smallest absolute Gasteiger partial charge is 0.332 e. The van der Waals surface area contributed by atoms with E-state index in [1.807, 2.05) is 49.2 Å². The molecule has 24 heavy (non-hydrogen) atoms. The standard InChI is InChI=1S/C18H20N4O2/c1-12-10-19-16-14(17(23)22(4)18(24)21(16)3)15(12)20(2)11-13-8-6-5-7-9-13/h5-10H,11H2,1-4H3. The Hall–Kier alpha value is -2.89. The molecule has 6 nitrogen and oxygen atoms in total. The SMILES string of the molecule is Cc1cnc2c(c1N(C)Cc1ccccc1)c(=O)n(C)c(=O)n2C. The van der Waals surface area contributed by atoms with Crippen LogP contribution in [0.5, 0.6) is 0 Å². The summed E-state index contributed by atoms with van der Waals surface area (Å²) in [5.74, 6) is 0. The van der Waals surface area contributed by atoms with Gasteiger partial charge in [-0.1, -0.05) is 30.3 Å². The molecule has 0 saturated heterocycles. The second-order valence-electron chi connectivity index (χ2n) is 6.04. The largest absolute Gasteiger partial charge is 0.369 e. The number of pyridine rings is 1. The topological polar surface area (TPSA) is 60.1 Å². The maximum absolute atomic E-state index is 12.7. The van der Waals surface area contributed by atoms with Crippen LogP contribution in [-0.2, 0) is 20.6 Å². The molecule has 0 fully saturated rings. The van der Waals surface area contributed by atoms with Gasteiger partial charge in [0, 0.05) is 33.9 Å². The molecule has 0 spiro atoms. The Bertz CT molecular complexity index is 1020. The second kappa shape index (κ2) is 5.96. The molecule has 0 saturated carbocycles. The molecular weight excluding hydrogens is 304 g/mol. The Morgan fingerprint density at radius 1 is 1.08 bits per heavy atom. The molecule has 124 valence electrons. The average Bonchev–Trinajstić information content (AvgIpc) is 2.58. The van der Waals surface area contributed by atoms with Crippen LogP contribution in [0, 0.1) is 6.92 Å². The molecule has 0 radical (unpaired) electrons. The first-order valence-corrected chi connectivity index (χ1v) is 7.72. The predicted octanol–water partition coefficient (Wildman–Crippen LogP) is 1.58. The van der Waals surface area contributed by atoms with Crippen molar-refractivity contribution < 1.29 is 0 Å². The lowest BCUT2D eigenvalue weighted by molar-refractivity contribution is 0.706. The van der Waals surface area contributed by atoms with Crippen LogP contribution in [0.15, 0.2) is 46.1 Å². The quantitative estimate of drug-likeness (QED) is 0.734. The minimum Gasteiger partial charge on any atom is -0.369 e. The Balaban J connectivity index is 2.26. The van der Waals surface area contributed by atoms with Gasteiger partial charge in [-0.3, -0.25) is 13.9 Å². The minimum atomic E-state index is -0.375. The van der Waals surface area contributed by atoms with Crippen LogP contribution in [0.2, 0.25) is 0 Å². The van der Waals surface area contributed by atoms with Crippen molar-refractivity contribution in [2.75, 3.05) is 11.9 Å². The van der Waals surface area contributed by atoms with E-state index in [4.69, 9.17) is 0 Å². The monoisotopic (exact) mass is 324 g/mol. The molecule has 2 heterocycles. The lowest BCUT2D eigenvalue weighted by atomic mass is 10.1. The highest BCUT2D eigenvalue weighted by Crippen LogP contribution is 2.26. The van der Waals surface area contributed by atoms with Gasteiger partial charge < -0.3 is 4.90 Å². The van der Waals surface area contributed by atoms with Crippen molar-refractivity contribution in [3.8, 4) is 0 Å². The van der Waals surface area contributed by atoms with Gasteiger partial charge in [-0.2, -0.15) is 0 Å². The van der Waals surface area contributed by atoms with Gasteiger partial charge in [-0.15, -0.1) is 0 Å². The molecule has 0 aliphatic rings. The van der Waals surface area contributed by atoms with Gasteiger partial charge in [-0.25, -0.2) is 9.78 Å². The second-order valence-corrected chi connectivity index (χ2v) is 6.04. The van der Waals surface area contributed by atoms with Crippen molar-refractivity contribution in [1.29, 1.82) is 0 Å². The molecule has 3 aromatic rings. The number of aryl methyl sites for hydroxylation is 2. The number of fused-ring (bicyclic) bond motifs is 1. The normalized spacial score (nSPS) is 11.0. The van der Waals surface area contributed by atoms with Gasteiger partial charge in [0.05, 0.1) is 5.69 Å². The van der Waals surface area contributed by atoms with Crippen LogP contribution in [0.4, 0.5) is 5.69 Å². The van der Waals surface area contributed by atoms with Crippen LogP contribution in [0.1, 0.15) is 11.1 Å². The lowest BCUT2D eigenvalue weighted by Gasteiger charge is -2.23. The summed E-state index contributed by atoms with van der Waals surface area (Å²) < 4.78 is 2.54. The van der Waals surface area contributed by atoms with Gasteiger partial charge in [-0.05, 0) is 18.1 Å². The zero-order chi connectivity index (χ0) is 17.4. The Labute approximate surface area is 139 Å². The lowest BCUT2D eigenvalue weighted by Crippen LogP contribution is -2.38. The van der Waals surface area contributed by atoms with Gasteiger partial charge in [0.1, 0.15) is 5.39 Å². The van der Waals surface area contributed by atoms with Crippen LogP contribution in [-0.4, -0.2) is 21.2 Å². The molecule has 0 atom stereocenters. The number of rotatable bonds is 3. The number of anilines is 1. The third-order valence-electron chi connectivity index (χ3n) is 4.27. The molecule has 0 N–H and O–H groups in total. The van der Waals surface area contributed by atoms with Crippen molar-refractivity contribution in [1.82, 2.24) is 14.1 Å². The minimum absolute atomic E-state index is 0.320. The van der Waals surface area contributed by atoms with E-state index in [2.05, 4.69) is 4.98 Å². The fourth-order valence-electron chi connectivity index (χ4n) is 3.04. The van der Waals surface area contributed by atoms with Crippen molar-refractivity contribution in [3.63, 3.8) is 0 Å². The Kier molecular flexibility index (Phi) is 3.97. The molecule has 6 heteroatoms. The van der Waals surface area contributed by atoms with E-state index in [0.29, 0.717) is 17.6 Å². The van der Waals surface area contributed by atoms with E-state index in [9.17, 15) is 9.59 Å². The molecular formula is C18H20N4O2. The Morgan fingerprint density at radius 2 is 1.75 bits per heavy atom. The fourth-order valence-corrected chi connectivity index (χ4v) is 3.04. The predicted molar refractivity (Wildman–Crippen MR) is 95.5 cm³/mol. The van der Waals surface area contributed by atoms with Crippen LogP contribution >= 0.6 is 0 Å². The van der Waals surface area contributed by atoms with Gasteiger partial charge in [0.25, 0.3) is 5.56 Å². The number of nitrogens with zero attached hydrogens (tertiary/aromatic N) is 4. The molecule has 0 bridgehead atoms. The van der Waals surface area contributed by atoms with Gasteiger partial charge >= 0.3 is 5.69 Å². The average molecular weight is 324 g/mol. The summed E-state index contributed by atoms with van der Waals surface area (Å²) in [6, 6.07) is 10.0. The van der Waals surface area contributed by atoms with Crippen molar-refractivity contribution in [2.24, 2.45) is 14.1 Å². The molecule has 3 rings (SSSR count). The van der Waals surface area contributed by atoms with Crippen molar-refractivity contribution in [3.05, 3.63) is 68.5 Å². The highest BCUT2D eigenvalue weighted by atomic mass is 16.2.